The number of nitrogens with zero attached hydrogens (tertiary/aromatic N) is 1. The highest BCUT2D eigenvalue weighted by atomic mass is 35.5. The first-order valence-corrected chi connectivity index (χ1v) is 7.89. The number of rotatable bonds is 4. The number of aromatic nitrogens is 1. The van der Waals surface area contributed by atoms with Crippen molar-refractivity contribution in [1.29, 1.82) is 0 Å². The summed E-state index contributed by atoms with van der Waals surface area (Å²) < 4.78 is 6.45. The first kappa shape index (κ1) is 16.3. The van der Waals surface area contributed by atoms with Gasteiger partial charge < -0.3 is 10.1 Å². The lowest BCUT2D eigenvalue weighted by molar-refractivity contribution is 0.0523. The summed E-state index contributed by atoms with van der Waals surface area (Å²) in [6.45, 7) is 2.77. The van der Waals surface area contributed by atoms with Crippen molar-refractivity contribution < 1.29 is 14.3 Å². The molecule has 0 saturated heterocycles. The zero-order valence-corrected chi connectivity index (χ0v) is 13.7. The number of nitrogens with one attached hydrogen (secondary N) is 1. The Bertz CT molecular complexity index is 871. The second kappa shape index (κ2) is 6.49. The van der Waals surface area contributed by atoms with E-state index in [-0.39, 0.29) is 29.1 Å². The molecule has 0 radical (unpaired) electrons. The van der Waals surface area contributed by atoms with E-state index < -0.39 is 5.97 Å². The molecule has 7 heteroatoms. The van der Waals surface area contributed by atoms with E-state index >= 15 is 0 Å². The fourth-order valence-electron chi connectivity index (χ4n) is 2.68. The van der Waals surface area contributed by atoms with Gasteiger partial charge in [0.1, 0.15) is 5.82 Å². The molecular weight excluding hydrogens is 332 g/mol. The molecule has 1 aliphatic rings. The maximum absolute atomic E-state index is 13.0. The van der Waals surface area contributed by atoms with Crippen molar-refractivity contribution >= 4 is 29.2 Å². The zero-order valence-electron chi connectivity index (χ0n) is 13.0. The summed E-state index contributed by atoms with van der Waals surface area (Å²) in [5, 5.41) is 3.52. The van der Waals surface area contributed by atoms with Crippen LogP contribution in [0.1, 0.15) is 33.2 Å². The monoisotopic (exact) mass is 346 g/mol. The van der Waals surface area contributed by atoms with E-state index in [0.717, 1.165) is 6.07 Å². The Hall–Kier alpha value is -2.60. The Morgan fingerprint density at radius 2 is 2.00 bits per heavy atom. The molecule has 1 N–H and O–H groups in total. The number of pyridine rings is 1. The summed E-state index contributed by atoms with van der Waals surface area (Å²) in [5.74, 6) is -0.706. The minimum absolute atomic E-state index is 0.0255. The lowest BCUT2D eigenvalue weighted by Gasteiger charge is -2.13. The van der Waals surface area contributed by atoms with Gasteiger partial charge in [-0.2, -0.15) is 0 Å². The number of ether oxygens (including phenoxy) is 1. The Labute approximate surface area is 143 Å². The highest BCUT2D eigenvalue weighted by Gasteiger charge is 2.28. The molecule has 124 valence electrons. The molecular formula is C17H15ClN2O4. The number of anilines is 1. The number of hydrogen-bond donors (Lipinski definition) is 1. The van der Waals surface area contributed by atoms with Gasteiger partial charge in [0, 0.05) is 29.7 Å². The largest absolute Gasteiger partial charge is 0.462 e. The van der Waals surface area contributed by atoms with Crippen molar-refractivity contribution in [2.75, 3.05) is 18.5 Å². The zero-order chi connectivity index (χ0) is 17.3. The third kappa shape index (κ3) is 2.80. The molecule has 1 aromatic carbocycles. The summed E-state index contributed by atoms with van der Waals surface area (Å²) in [4.78, 5) is 37.4. The van der Waals surface area contributed by atoms with Crippen molar-refractivity contribution in [2.24, 2.45) is 0 Å². The Morgan fingerprint density at radius 1 is 1.29 bits per heavy atom. The molecule has 1 aromatic heterocycles. The van der Waals surface area contributed by atoms with Crippen LogP contribution in [-0.4, -0.2) is 29.5 Å². The molecule has 0 bridgehead atoms. The minimum atomic E-state index is -0.691. The average Bonchev–Trinajstić information content (AvgIpc) is 3.05. The van der Waals surface area contributed by atoms with Crippen LogP contribution in [0, 0.1) is 0 Å². The van der Waals surface area contributed by atoms with Crippen molar-refractivity contribution in [3.05, 3.63) is 62.4 Å². The Kier molecular flexibility index (Phi) is 4.40. The van der Waals surface area contributed by atoms with Crippen molar-refractivity contribution in [2.45, 2.75) is 13.5 Å². The molecule has 0 fully saturated rings. The van der Waals surface area contributed by atoms with Crippen LogP contribution in [0.5, 0.6) is 0 Å². The molecule has 6 nitrogen and oxygen atoms in total. The van der Waals surface area contributed by atoms with E-state index in [1.54, 1.807) is 31.2 Å². The average molecular weight is 347 g/mol. The number of fused-ring (bicyclic) bond motifs is 1. The van der Waals surface area contributed by atoms with Gasteiger partial charge in [0.25, 0.3) is 5.56 Å². The smallest absolute Gasteiger partial charge is 0.339 e. The van der Waals surface area contributed by atoms with Crippen LogP contribution in [0.4, 0.5) is 5.82 Å². The van der Waals surface area contributed by atoms with Crippen LogP contribution in [0.2, 0.25) is 5.02 Å². The molecule has 2 heterocycles. The van der Waals surface area contributed by atoms with Gasteiger partial charge in [0.05, 0.1) is 17.7 Å². The van der Waals surface area contributed by atoms with Gasteiger partial charge in [-0.15, -0.1) is 0 Å². The van der Waals surface area contributed by atoms with Gasteiger partial charge in [-0.25, -0.2) is 4.79 Å². The van der Waals surface area contributed by atoms with Crippen molar-refractivity contribution in [3.8, 4) is 0 Å². The fourth-order valence-corrected chi connectivity index (χ4v) is 2.81. The van der Waals surface area contributed by atoms with E-state index in [9.17, 15) is 14.4 Å². The Balaban J connectivity index is 2.19. The predicted octanol–water partition coefficient (Wildman–Crippen LogP) is 2.33. The highest BCUT2D eigenvalue weighted by Crippen LogP contribution is 2.26. The molecule has 0 amide bonds. The number of carbonyl (C=O) groups is 2. The predicted molar refractivity (Wildman–Crippen MR) is 90.0 cm³/mol. The van der Waals surface area contributed by atoms with Crippen LogP contribution in [0.25, 0.3) is 0 Å². The standard InChI is InChI=1S/C17H15ClN2O4/c1-2-24-17(23)12-9-13(21)20-8-7-19-16(20)14(12)15(22)10-3-5-11(18)6-4-10/h3-6,9,19H,2,7-8H2,1H3. The molecule has 2 aromatic rings. The molecule has 1 aliphatic heterocycles. The van der Waals surface area contributed by atoms with Crippen LogP contribution < -0.4 is 10.9 Å². The van der Waals surface area contributed by atoms with Gasteiger partial charge >= 0.3 is 5.97 Å². The summed E-state index contributed by atoms with van der Waals surface area (Å²) in [5.41, 5.74) is 0.154. The maximum atomic E-state index is 13.0. The van der Waals surface area contributed by atoms with Gasteiger partial charge in [-0.05, 0) is 31.2 Å². The van der Waals surface area contributed by atoms with Crippen LogP contribution in [0.3, 0.4) is 0 Å². The first-order chi connectivity index (χ1) is 11.5. The number of carbonyl (C=O) groups excluding carboxylic acids is 2. The van der Waals surface area contributed by atoms with Gasteiger partial charge in [0.2, 0.25) is 0 Å². The minimum Gasteiger partial charge on any atom is -0.462 e. The lowest BCUT2D eigenvalue weighted by Crippen LogP contribution is -2.24. The van der Waals surface area contributed by atoms with Crippen LogP contribution in [0.15, 0.2) is 35.1 Å². The number of halogens is 1. The SMILES string of the molecule is CCOC(=O)c1cc(=O)n2c(c1C(=O)c1ccc(Cl)cc1)NCC2. The van der Waals surface area contributed by atoms with E-state index in [2.05, 4.69) is 5.32 Å². The molecule has 0 spiro atoms. The van der Waals surface area contributed by atoms with Gasteiger partial charge in [-0.3, -0.25) is 14.2 Å². The Morgan fingerprint density at radius 3 is 2.67 bits per heavy atom. The molecule has 24 heavy (non-hydrogen) atoms. The molecule has 0 aliphatic carbocycles. The molecule has 0 saturated carbocycles. The van der Waals surface area contributed by atoms with Crippen molar-refractivity contribution in [3.63, 3.8) is 0 Å². The quantitative estimate of drug-likeness (QED) is 0.679. The first-order valence-electron chi connectivity index (χ1n) is 7.52. The highest BCUT2D eigenvalue weighted by molar-refractivity contribution is 6.30. The molecule has 3 rings (SSSR count). The maximum Gasteiger partial charge on any atom is 0.339 e. The second-order valence-corrected chi connectivity index (χ2v) is 5.69. The number of benzene rings is 1. The number of hydrogen-bond acceptors (Lipinski definition) is 5. The fraction of sp³-hybridized carbons (Fsp3) is 0.235. The normalized spacial score (nSPS) is 12.4. The van der Waals surface area contributed by atoms with E-state index in [1.165, 1.54) is 4.57 Å². The van der Waals surface area contributed by atoms with Gasteiger partial charge in [0.15, 0.2) is 5.78 Å². The van der Waals surface area contributed by atoms with Crippen molar-refractivity contribution in [1.82, 2.24) is 4.57 Å². The van der Waals surface area contributed by atoms with E-state index in [1.807, 2.05) is 0 Å². The van der Waals surface area contributed by atoms with E-state index in [0.29, 0.717) is 29.5 Å². The van der Waals surface area contributed by atoms with E-state index in [4.69, 9.17) is 16.3 Å². The molecule has 0 atom stereocenters. The summed E-state index contributed by atoms with van der Waals surface area (Å²) >= 11 is 5.86. The third-order valence-electron chi connectivity index (χ3n) is 3.77. The topological polar surface area (TPSA) is 77.4 Å². The second-order valence-electron chi connectivity index (χ2n) is 5.25. The van der Waals surface area contributed by atoms with Crippen LogP contribution in [-0.2, 0) is 11.3 Å². The lowest BCUT2D eigenvalue weighted by atomic mass is 9.99. The number of esters is 1. The van der Waals surface area contributed by atoms with Crippen LogP contribution >= 0.6 is 11.6 Å². The third-order valence-corrected chi connectivity index (χ3v) is 4.02. The summed E-state index contributed by atoms with van der Waals surface area (Å²) in [6, 6.07) is 7.52. The van der Waals surface area contributed by atoms with Gasteiger partial charge in [-0.1, -0.05) is 11.6 Å². The number of ketones is 1. The summed E-state index contributed by atoms with van der Waals surface area (Å²) in [6.07, 6.45) is 0. The molecule has 0 unspecified atom stereocenters. The summed E-state index contributed by atoms with van der Waals surface area (Å²) in [7, 11) is 0.